The van der Waals surface area contributed by atoms with Crippen LogP contribution in [0.25, 0.3) is 21.5 Å². The minimum Gasteiger partial charge on any atom is -0.168 e. The SMILES string of the molecule is C[Si](C)=[Zr]([Cl])[Cl].Cc1ccccc1.c1ccc2[cH-]ccc2c1.c1ccc2[cH-]ccc2c1. The summed E-state index contributed by atoms with van der Waals surface area (Å²) in [5.41, 5.74) is 1.10. The van der Waals surface area contributed by atoms with E-state index in [-0.39, 0.29) is 5.43 Å². The second-order valence-corrected chi connectivity index (χ2v) is 30.2. The molecule has 0 fully saturated rings. The van der Waals surface area contributed by atoms with Crippen LogP contribution in [0, 0.1) is 6.92 Å². The molecule has 0 amide bonds. The molecule has 0 unspecified atom stereocenters. The molecule has 0 saturated carbocycles. The molecule has 0 radical (unpaired) electrons. The van der Waals surface area contributed by atoms with Crippen molar-refractivity contribution in [3.05, 3.63) is 121 Å². The van der Waals surface area contributed by atoms with Crippen LogP contribution in [0.15, 0.2) is 115 Å². The van der Waals surface area contributed by atoms with Crippen molar-refractivity contribution in [3.63, 3.8) is 0 Å². The zero-order valence-corrected chi connectivity index (χ0v) is 23.2. The Hall–Kier alpha value is -1.44. The van der Waals surface area contributed by atoms with Crippen molar-refractivity contribution in [2.24, 2.45) is 0 Å². The van der Waals surface area contributed by atoms with Crippen LogP contribution in [0.2, 0.25) is 13.1 Å². The molecule has 0 bridgehead atoms. The van der Waals surface area contributed by atoms with Crippen LogP contribution in [0.3, 0.4) is 0 Å². The number of fused-ring (bicyclic) bond motifs is 2. The predicted molar refractivity (Wildman–Crippen MR) is 139 cm³/mol. The molecule has 160 valence electrons. The van der Waals surface area contributed by atoms with Crippen molar-refractivity contribution in [2.75, 3.05) is 0 Å². The molecule has 4 heteroatoms. The first kappa shape index (κ1) is 25.8. The van der Waals surface area contributed by atoms with Crippen molar-refractivity contribution in [2.45, 2.75) is 20.0 Å². The molecule has 0 saturated heterocycles. The standard InChI is InChI=1S/2C9H7.C7H8.C2H6Si.2ClH.Zr/c2*1-2-5-9-7-3-6-8(9)4-1;1-7-5-3-2-4-6-7;1-3-2;;;/h2*1-7H;2-6H,1H3;1-2H3;2*1H;/q2*-1;;;;;+2/p-2. The van der Waals surface area contributed by atoms with Crippen LogP contribution in [0.5, 0.6) is 0 Å². The second kappa shape index (κ2) is 14.6. The molecular formula is C27H28Cl2SiZr-2. The molecule has 5 rings (SSSR count). The maximum atomic E-state index is 5.62. The van der Waals surface area contributed by atoms with E-state index in [1.54, 1.807) is 0 Å². The normalized spacial score (nSPS) is 9.45. The van der Waals surface area contributed by atoms with Gasteiger partial charge in [-0.1, -0.05) is 48.0 Å². The first-order valence-electron chi connectivity index (χ1n) is 10.2. The second-order valence-electron chi connectivity index (χ2n) is 7.22. The number of benzene rings is 3. The van der Waals surface area contributed by atoms with Gasteiger partial charge in [0.25, 0.3) is 0 Å². The van der Waals surface area contributed by atoms with Crippen molar-refractivity contribution in [1.82, 2.24) is 0 Å². The molecule has 0 atom stereocenters. The summed E-state index contributed by atoms with van der Waals surface area (Å²) in [6, 6.07) is 39.6. The summed E-state index contributed by atoms with van der Waals surface area (Å²) in [6.45, 7) is 6.42. The maximum absolute atomic E-state index is 5.62. The average molecular weight is 543 g/mol. The number of rotatable bonds is 0. The molecule has 31 heavy (non-hydrogen) atoms. The Morgan fingerprint density at radius 3 is 1.32 bits per heavy atom. The Kier molecular flexibility index (Phi) is 12.2. The van der Waals surface area contributed by atoms with E-state index >= 15 is 0 Å². The Balaban J connectivity index is 0.000000149. The first-order chi connectivity index (χ1) is 15.0. The zero-order chi connectivity index (χ0) is 22.5. The molecule has 0 N–H and O–H groups in total. The fraction of sp³-hybridized carbons (Fsp3) is 0.111. The van der Waals surface area contributed by atoms with Crippen LogP contribution < -0.4 is 0 Å². The largest absolute Gasteiger partial charge is 0.168 e. The van der Waals surface area contributed by atoms with Crippen LogP contribution in [-0.4, -0.2) is 5.43 Å². The van der Waals surface area contributed by atoms with Crippen LogP contribution in [0.1, 0.15) is 5.56 Å². The number of hydrogen-bond acceptors (Lipinski definition) is 0. The van der Waals surface area contributed by atoms with Gasteiger partial charge in [0.05, 0.1) is 0 Å². The third kappa shape index (κ3) is 10.1. The zero-order valence-electron chi connectivity index (χ0n) is 18.2. The van der Waals surface area contributed by atoms with E-state index in [4.69, 9.17) is 17.0 Å². The van der Waals surface area contributed by atoms with Crippen LogP contribution >= 0.6 is 17.0 Å². The Labute approximate surface area is 201 Å². The summed E-state index contributed by atoms with van der Waals surface area (Å²) >= 11 is -1.65. The van der Waals surface area contributed by atoms with Crippen molar-refractivity contribution >= 4 is 44.0 Å². The van der Waals surface area contributed by atoms with Gasteiger partial charge in [-0.2, -0.15) is 35.0 Å². The maximum Gasteiger partial charge on any atom is -0.0398 e. The van der Waals surface area contributed by atoms with Crippen LogP contribution in [0.4, 0.5) is 0 Å². The van der Waals surface area contributed by atoms with Gasteiger partial charge in [-0.25, -0.2) is 0 Å². The van der Waals surface area contributed by atoms with Gasteiger partial charge in [0, 0.05) is 0 Å². The minimum atomic E-state index is -1.65. The van der Waals surface area contributed by atoms with E-state index in [1.807, 2.05) is 18.2 Å². The minimum absolute atomic E-state index is 0.224. The summed E-state index contributed by atoms with van der Waals surface area (Å²) in [5, 5.41) is 5.32. The summed E-state index contributed by atoms with van der Waals surface area (Å²) in [5.74, 6) is 0. The summed E-state index contributed by atoms with van der Waals surface area (Å²) < 4.78 is 0. The van der Waals surface area contributed by atoms with E-state index in [2.05, 4.69) is 117 Å². The monoisotopic (exact) mass is 540 g/mol. The van der Waals surface area contributed by atoms with Gasteiger partial charge in [-0.3, -0.25) is 0 Å². The molecule has 0 heterocycles. The van der Waals surface area contributed by atoms with Gasteiger partial charge >= 0.3 is 53.5 Å². The third-order valence-electron chi connectivity index (χ3n) is 4.41. The molecule has 5 aromatic carbocycles. The third-order valence-corrected chi connectivity index (χ3v) is 24.2. The van der Waals surface area contributed by atoms with Crippen molar-refractivity contribution < 1.29 is 18.0 Å². The predicted octanol–water partition coefficient (Wildman–Crippen LogP) is 9.28. The van der Waals surface area contributed by atoms with Crippen LogP contribution in [-0.2, 0) is 18.0 Å². The molecule has 0 spiro atoms. The van der Waals surface area contributed by atoms with Crippen molar-refractivity contribution in [1.29, 1.82) is 0 Å². The Bertz CT molecular complexity index is 1050. The van der Waals surface area contributed by atoms with E-state index in [0.29, 0.717) is 0 Å². The van der Waals surface area contributed by atoms with Gasteiger partial charge in [0.2, 0.25) is 0 Å². The summed E-state index contributed by atoms with van der Waals surface area (Å²) in [7, 11) is 11.2. The molecule has 0 aliphatic heterocycles. The van der Waals surface area contributed by atoms with Gasteiger partial charge in [-0.15, -0.1) is 59.3 Å². The summed E-state index contributed by atoms with van der Waals surface area (Å²) in [6.07, 6.45) is 0. The van der Waals surface area contributed by atoms with E-state index < -0.39 is 18.0 Å². The number of hydrogen-bond donors (Lipinski definition) is 0. The number of halogens is 2. The van der Waals surface area contributed by atoms with Gasteiger partial charge in [0.1, 0.15) is 0 Å². The molecule has 5 aromatic rings. The summed E-state index contributed by atoms with van der Waals surface area (Å²) in [4.78, 5) is 0. The first-order valence-corrected chi connectivity index (χ1v) is 22.7. The average Bonchev–Trinajstić information content (AvgIpc) is 3.45. The molecule has 0 nitrogen and oxygen atoms in total. The topological polar surface area (TPSA) is 0 Å². The van der Waals surface area contributed by atoms with E-state index in [0.717, 1.165) is 0 Å². The fourth-order valence-electron chi connectivity index (χ4n) is 2.67. The number of aryl methyl sites for hydroxylation is 1. The van der Waals surface area contributed by atoms with Gasteiger partial charge < -0.3 is 0 Å². The van der Waals surface area contributed by atoms with Crippen molar-refractivity contribution in [3.8, 4) is 0 Å². The van der Waals surface area contributed by atoms with E-state index in [1.165, 1.54) is 27.1 Å². The Morgan fingerprint density at radius 2 is 1.00 bits per heavy atom. The quantitative estimate of drug-likeness (QED) is 0.135. The smallest absolute Gasteiger partial charge is 0.0398 e. The molecule has 0 aliphatic rings. The Morgan fingerprint density at radius 1 is 0.613 bits per heavy atom. The molecular weight excluding hydrogens is 515 g/mol. The molecule has 0 aliphatic carbocycles. The van der Waals surface area contributed by atoms with Gasteiger partial charge in [-0.05, 0) is 6.92 Å². The van der Waals surface area contributed by atoms with Gasteiger partial charge in [0.15, 0.2) is 0 Å². The molecule has 0 aromatic heterocycles. The van der Waals surface area contributed by atoms with E-state index in [9.17, 15) is 0 Å². The fourth-order valence-corrected chi connectivity index (χ4v) is 2.67.